The van der Waals surface area contributed by atoms with Crippen LogP contribution in [0.5, 0.6) is 0 Å². The van der Waals surface area contributed by atoms with Gasteiger partial charge in [0.25, 0.3) is 0 Å². The van der Waals surface area contributed by atoms with E-state index in [9.17, 15) is 25.9 Å². The van der Waals surface area contributed by atoms with E-state index in [1.165, 1.54) is 0 Å². The average Bonchev–Trinajstić information content (AvgIpc) is 1.59. The minimum atomic E-state index is -5.62. The Morgan fingerprint density at radius 3 is 1.08 bits per heavy atom. The van der Waals surface area contributed by atoms with Crippen molar-refractivity contribution in [2.45, 2.75) is 0 Å². The van der Waals surface area contributed by atoms with E-state index in [4.69, 9.17) is 5.21 Å². The van der Waals surface area contributed by atoms with E-state index in [0.29, 0.717) is 0 Å². The molecule has 0 heterocycles. The van der Waals surface area contributed by atoms with E-state index in [2.05, 4.69) is 0 Å². The molecule has 0 aliphatic rings. The molecule has 0 aromatic carbocycles. The van der Waals surface area contributed by atoms with Gasteiger partial charge in [-0.15, -0.1) is 0 Å². The van der Waals surface area contributed by atoms with E-state index in [1.807, 2.05) is 0 Å². The molecule has 0 spiro atoms. The molecule has 0 fully saturated rings. The van der Waals surface area contributed by atoms with Gasteiger partial charge >= 0.3 is 103 Å². The predicted molar refractivity (Wildman–Crippen MR) is 23.0 cm³/mol. The summed E-state index contributed by atoms with van der Waals surface area (Å²) >= 11 is 0. The zero-order valence-corrected chi connectivity index (χ0v) is 14.0. The minimum absolute atomic E-state index is 0. The van der Waals surface area contributed by atoms with Crippen LogP contribution >= 0.6 is 0 Å². The standard InChI is InChI=1S/2K.H3NO7S2/c;;2-1(9(3,4)5)10(6,7)8/h;;2H,(H,3,4,5)(H,6,7,8)/q2*+1;/p-2. The summed E-state index contributed by atoms with van der Waals surface area (Å²) in [6, 6.07) is 0. The fourth-order valence-electron chi connectivity index (χ4n) is 0.112. The second kappa shape index (κ2) is 7.31. The third kappa shape index (κ3) is 8.33. The molecule has 0 saturated carbocycles. The Morgan fingerprint density at radius 2 is 1.08 bits per heavy atom. The van der Waals surface area contributed by atoms with Gasteiger partial charge in [-0.1, -0.05) is 0 Å². The first-order valence-electron chi connectivity index (χ1n) is 1.57. The predicted octanol–water partition coefficient (Wildman–Crippen LogP) is -8.39. The zero-order valence-electron chi connectivity index (χ0n) is 6.16. The monoisotopic (exact) mass is 269 g/mol. The molecule has 0 aliphatic carbocycles. The summed E-state index contributed by atoms with van der Waals surface area (Å²) in [7, 11) is -11.2. The van der Waals surface area contributed by atoms with Crippen LogP contribution in [0, 0.1) is 0 Å². The summed E-state index contributed by atoms with van der Waals surface area (Å²) in [5.74, 6) is 0. The molecular formula is HK2NO7S2. The van der Waals surface area contributed by atoms with Gasteiger partial charge in [0.15, 0.2) is 20.6 Å². The van der Waals surface area contributed by atoms with Crippen LogP contribution in [0.15, 0.2) is 0 Å². The second-order valence-electron chi connectivity index (χ2n) is 1.09. The molecule has 0 aromatic rings. The van der Waals surface area contributed by atoms with Gasteiger partial charge in [-0.25, -0.2) is 16.8 Å². The van der Waals surface area contributed by atoms with Gasteiger partial charge in [-0.05, 0) is 0 Å². The Balaban J connectivity index is -0.000000405. The molecule has 0 radical (unpaired) electrons. The largest absolute Gasteiger partial charge is 1.00 e. The van der Waals surface area contributed by atoms with Crippen molar-refractivity contribution in [2.24, 2.45) is 0 Å². The van der Waals surface area contributed by atoms with Crippen LogP contribution in [0.3, 0.4) is 0 Å². The Bertz CT molecular complexity index is 268. The number of nitrogens with zero attached hydrogens (tertiary/aromatic N) is 1. The molecule has 62 valence electrons. The molecule has 0 rings (SSSR count). The second-order valence-corrected chi connectivity index (χ2v) is 3.73. The first-order chi connectivity index (χ1) is 4.15. The van der Waals surface area contributed by atoms with Crippen molar-refractivity contribution in [1.82, 2.24) is 3.87 Å². The van der Waals surface area contributed by atoms with Gasteiger partial charge < -0.3 is 9.11 Å². The third-order valence-corrected chi connectivity index (χ3v) is 2.24. The quantitative estimate of drug-likeness (QED) is 0.298. The Hall–Kier alpha value is 3.01. The molecule has 0 saturated heterocycles. The smallest absolute Gasteiger partial charge is 0.733 e. The minimum Gasteiger partial charge on any atom is -0.733 e. The molecule has 12 heavy (non-hydrogen) atoms. The van der Waals surface area contributed by atoms with Crippen LogP contribution in [0.25, 0.3) is 0 Å². The van der Waals surface area contributed by atoms with Gasteiger partial charge in [0.1, 0.15) is 0 Å². The molecule has 0 bridgehead atoms. The van der Waals surface area contributed by atoms with Crippen LogP contribution in [-0.2, 0) is 20.6 Å². The molecule has 0 aromatic heterocycles. The van der Waals surface area contributed by atoms with Crippen molar-refractivity contribution in [2.75, 3.05) is 0 Å². The van der Waals surface area contributed by atoms with Crippen LogP contribution in [0.4, 0.5) is 0 Å². The molecule has 0 aliphatic heterocycles. The van der Waals surface area contributed by atoms with Gasteiger partial charge in [0.2, 0.25) is 0 Å². The van der Waals surface area contributed by atoms with Crippen molar-refractivity contribution < 1.29 is 134 Å². The number of hydrogen-bond donors (Lipinski definition) is 1. The molecule has 12 heteroatoms. The third-order valence-electron chi connectivity index (χ3n) is 0.383. The Labute approximate surface area is 154 Å². The van der Waals surface area contributed by atoms with Crippen LogP contribution in [0.2, 0.25) is 0 Å². The first kappa shape index (κ1) is 20.4. The summed E-state index contributed by atoms with van der Waals surface area (Å²) in [4.78, 5) is 0. The summed E-state index contributed by atoms with van der Waals surface area (Å²) in [5, 5.41) is 7.75. The molecule has 0 atom stereocenters. The molecular weight excluding hydrogens is 268 g/mol. The van der Waals surface area contributed by atoms with E-state index in [0.717, 1.165) is 0 Å². The summed E-state index contributed by atoms with van der Waals surface area (Å²) < 4.78 is 55.3. The van der Waals surface area contributed by atoms with Gasteiger partial charge in [-0.3, -0.25) is 5.21 Å². The van der Waals surface area contributed by atoms with Crippen molar-refractivity contribution in [3.8, 4) is 0 Å². The van der Waals surface area contributed by atoms with E-state index in [-0.39, 0.29) is 103 Å². The van der Waals surface area contributed by atoms with Gasteiger partial charge in [-0.2, -0.15) is 0 Å². The number of rotatable bonds is 2. The Kier molecular flexibility index (Phi) is 12.4. The molecule has 0 amide bonds. The molecule has 8 nitrogen and oxygen atoms in total. The van der Waals surface area contributed by atoms with Crippen LogP contribution < -0.4 is 103 Å². The topological polar surface area (TPSA) is 138 Å². The van der Waals surface area contributed by atoms with Crippen molar-refractivity contribution in [1.29, 1.82) is 0 Å². The summed E-state index contributed by atoms with van der Waals surface area (Å²) in [5.41, 5.74) is 0. The zero-order chi connectivity index (χ0) is 8.58. The van der Waals surface area contributed by atoms with E-state index < -0.39 is 24.5 Å². The van der Waals surface area contributed by atoms with Crippen molar-refractivity contribution in [3.05, 3.63) is 0 Å². The Morgan fingerprint density at radius 1 is 0.917 bits per heavy atom. The fraction of sp³-hybridized carbons (Fsp3) is 0. The fourth-order valence-corrected chi connectivity index (χ4v) is 1.01. The summed E-state index contributed by atoms with van der Waals surface area (Å²) in [6.45, 7) is 0. The molecule has 1 N–H and O–H groups in total. The maximum atomic E-state index is 9.52. The number of hydrogen-bond acceptors (Lipinski definition) is 7. The van der Waals surface area contributed by atoms with Crippen LogP contribution in [-0.4, -0.2) is 35.0 Å². The normalized spacial score (nSPS) is 11.7. The van der Waals surface area contributed by atoms with Crippen LogP contribution in [0.1, 0.15) is 0 Å². The summed E-state index contributed by atoms with van der Waals surface area (Å²) in [6.07, 6.45) is 0. The maximum Gasteiger partial charge on any atom is 1.00 e. The van der Waals surface area contributed by atoms with Gasteiger partial charge in [0.05, 0.1) is 0 Å². The van der Waals surface area contributed by atoms with E-state index >= 15 is 0 Å². The molecule has 0 unspecified atom stereocenters. The van der Waals surface area contributed by atoms with Crippen molar-refractivity contribution in [3.63, 3.8) is 0 Å². The van der Waals surface area contributed by atoms with E-state index in [1.54, 1.807) is 0 Å². The average molecular weight is 269 g/mol. The first-order valence-corrected chi connectivity index (χ1v) is 4.30. The van der Waals surface area contributed by atoms with Crippen molar-refractivity contribution >= 4 is 20.6 Å². The van der Waals surface area contributed by atoms with Gasteiger partial charge in [0, 0.05) is 3.87 Å². The maximum absolute atomic E-state index is 9.52. The SMILES string of the molecule is O=S(=O)([O-])N(O)S(=O)(=O)[O-].[K+].[K+].